The SMILES string of the molecule is Cc1ccc(C)c(NC(=O)C(NC(=O)Cc2ccccc2)C(C)C)c1. The molecule has 0 saturated carbocycles. The summed E-state index contributed by atoms with van der Waals surface area (Å²) in [5.74, 6) is -0.351. The fraction of sp³-hybridized carbons (Fsp3) is 0.333. The van der Waals surface area contributed by atoms with Gasteiger partial charge in [0.25, 0.3) is 0 Å². The number of aryl methyl sites for hydroxylation is 2. The molecule has 1 unspecified atom stereocenters. The van der Waals surface area contributed by atoms with Gasteiger partial charge in [0.15, 0.2) is 0 Å². The minimum atomic E-state index is -0.573. The van der Waals surface area contributed by atoms with Crippen LogP contribution in [0, 0.1) is 19.8 Å². The Balaban J connectivity index is 2.05. The molecule has 2 aromatic rings. The highest BCUT2D eigenvalue weighted by molar-refractivity contribution is 5.98. The van der Waals surface area contributed by atoms with Crippen molar-refractivity contribution in [3.05, 3.63) is 65.2 Å². The molecular weight excluding hydrogens is 312 g/mol. The first-order valence-electron chi connectivity index (χ1n) is 8.58. The van der Waals surface area contributed by atoms with E-state index in [9.17, 15) is 9.59 Å². The first-order valence-corrected chi connectivity index (χ1v) is 8.58. The summed E-state index contributed by atoms with van der Waals surface area (Å²) in [5.41, 5.74) is 3.79. The summed E-state index contributed by atoms with van der Waals surface area (Å²) in [6.07, 6.45) is 0.265. The van der Waals surface area contributed by atoms with Gasteiger partial charge in [0.1, 0.15) is 6.04 Å². The second-order valence-corrected chi connectivity index (χ2v) is 6.76. The van der Waals surface area contributed by atoms with Crippen LogP contribution >= 0.6 is 0 Å². The van der Waals surface area contributed by atoms with E-state index >= 15 is 0 Å². The Bertz CT molecular complexity index is 739. The van der Waals surface area contributed by atoms with Gasteiger partial charge in [0, 0.05) is 5.69 Å². The van der Waals surface area contributed by atoms with E-state index in [1.54, 1.807) is 0 Å². The van der Waals surface area contributed by atoms with E-state index in [0.29, 0.717) is 0 Å². The maximum atomic E-state index is 12.7. The lowest BCUT2D eigenvalue weighted by Gasteiger charge is -2.22. The zero-order valence-corrected chi connectivity index (χ0v) is 15.3. The molecule has 0 saturated heterocycles. The summed E-state index contributed by atoms with van der Waals surface area (Å²) in [4.78, 5) is 25.0. The largest absolute Gasteiger partial charge is 0.344 e. The smallest absolute Gasteiger partial charge is 0.247 e. The Labute approximate surface area is 149 Å². The summed E-state index contributed by atoms with van der Waals surface area (Å²) >= 11 is 0. The summed E-state index contributed by atoms with van der Waals surface area (Å²) in [6.45, 7) is 7.79. The van der Waals surface area contributed by atoms with Gasteiger partial charge in [0.05, 0.1) is 6.42 Å². The zero-order chi connectivity index (χ0) is 18.4. The zero-order valence-electron chi connectivity index (χ0n) is 15.3. The summed E-state index contributed by atoms with van der Waals surface area (Å²) < 4.78 is 0. The van der Waals surface area contributed by atoms with Gasteiger partial charge in [-0.15, -0.1) is 0 Å². The molecule has 2 N–H and O–H groups in total. The number of rotatable bonds is 6. The number of benzene rings is 2. The average molecular weight is 338 g/mol. The number of carbonyl (C=O) groups excluding carboxylic acids is 2. The molecule has 0 aliphatic carbocycles. The second kappa shape index (κ2) is 8.47. The Morgan fingerprint density at radius 3 is 2.32 bits per heavy atom. The van der Waals surface area contributed by atoms with E-state index in [1.807, 2.05) is 76.2 Å². The molecule has 2 rings (SSSR count). The van der Waals surface area contributed by atoms with Crippen molar-refractivity contribution < 1.29 is 9.59 Å². The van der Waals surface area contributed by atoms with Crippen molar-refractivity contribution in [1.29, 1.82) is 0 Å². The molecule has 0 radical (unpaired) electrons. The molecule has 0 aliphatic rings. The van der Waals surface area contributed by atoms with Crippen LogP contribution in [-0.2, 0) is 16.0 Å². The quantitative estimate of drug-likeness (QED) is 0.845. The molecule has 0 aliphatic heterocycles. The van der Waals surface area contributed by atoms with Gasteiger partial charge in [-0.1, -0.05) is 56.3 Å². The van der Waals surface area contributed by atoms with Gasteiger partial charge in [-0.2, -0.15) is 0 Å². The minimum absolute atomic E-state index is 0.00941. The lowest BCUT2D eigenvalue weighted by Crippen LogP contribution is -2.47. The summed E-state index contributed by atoms with van der Waals surface area (Å²) in [7, 11) is 0. The van der Waals surface area contributed by atoms with E-state index in [2.05, 4.69) is 10.6 Å². The number of amides is 2. The Morgan fingerprint density at radius 1 is 1.00 bits per heavy atom. The molecular formula is C21H26N2O2. The first kappa shape index (κ1) is 18.7. The maximum Gasteiger partial charge on any atom is 0.247 e. The van der Waals surface area contributed by atoms with Crippen LogP contribution in [0.15, 0.2) is 48.5 Å². The third-order valence-corrected chi connectivity index (χ3v) is 4.12. The third kappa shape index (κ3) is 5.45. The highest BCUT2D eigenvalue weighted by atomic mass is 16.2. The van der Waals surface area contributed by atoms with Crippen molar-refractivity contribution >= 4 is 17.5 Å². The molecule has 4 nitrogen and oxygen atoms in total. The van der Waals surface area contributed by atoms with Crippen molar-refractivity contribution in [3.8, 4) is 0 Å². The predicted octanol–water partition coefficient (Wildman–Crippen LogP) is 3.63. The van der Waals surface area contributed by atoms with Crippen molar-refractivity contribution in [2.24, 2.45) is 5.92 Å². The van der Waals surface area contributed by atoms with Crippen LogP contribution in [0.3, 0.4) is 0 Å². The number of hydrogen-bond acceptors (Lipinski definition) is 2. The molecule has 4 heteroatoms. The second-order valence-electron chi connectivity index (χ2n) is 6.76. The number of anilines is 1. The maximum absolute atomic E-state index is 12.7. The molecule has 2 aromatic carbocycles. The molecule has 2 amide bonds. The van der Waals surface area contributed by atoms with Crippen molar-refractivity contribution in [3.63, 3.8) is 0 Å². The van der Waals surface area contributed by atoms with Gasteiger partial charge in [0.2, 0.25) is 11.8 Å². The van der Waals surface area contributed by atoms with Gasteiger partial charge in [-0.25, -0.2) is 0 Å². The Kier molecular flexibility index (Phi) is 6.34. The number of hydrogen-bond donors (Lipinski definition) is 2. The monoisotopic (exact) mass is 338 g/mol. The van der Waals surface area contributed by atoms with Crippen LogP contribution < -0.4 is 10.6 Å². The van der Waals surface area contributed by atoms with E-state index in [4.69, 9.17) is 0 Å². The fourth-order valence-electron chi connectivity index (χ4n) is 2.62. The Hall–Kier alpha value is -2.62. The van der Waals surface area contributed by atoms with Crippen molar-refractivity contribution in [1.82, 2.24) is 5.32 Å². The molecule has 1 atom stereocenters. The first-order chi connectivity index (χ1) is 11.9. The van der Waals surface area contributed by atoms with Gasteiger partial charge in [-0.3, -0.25) is 9.59 Å². The molecule has 0 spiro atoms. The molecule has 0 bridgehead atoms. The topological polar surface area (TPSA) is 58.2 Å². The standard InChI is InChI=1S/C21H26N2O2/c1-14(2)20(23-19(24)13-17-8-6-5-7-9-17)21(25)22-18-12-15(3)10-11-16(18)4/h5-12,14,20H,13H2,1-4H3,(H,22,25)(H,23,24). The van der Waals surface area contributed by atoms with Crippen LogP contribution in [-0.4, -0.2) is 17.9 Å². The van der Waals surface area contributed by atoms with Crippen molar-refractivity contribution in [2.45, 2.75) is 40.2 Å². The van der Waals surface area contributed by atoms with E-state index < -0.39 is 6.04 Å². The molecule has 132 valence electrons. The van der Waals surface area contributed by atoms with E-state index in [-0.39, 0.29) is 24.2 Å². The number of nitrogens with one attached hydrogen (secondary N) is 2. The lowest BCUT2D eigenvalue weighted by molar-refractivity contribution is -0.127. The highest BCUT2D eigenvalue weighted by Crippen LogP contribution is 2.17. The fourth-order valence-corrected chi connectivity index (χ4v) is 2.62. The van der Waals surface area contributed by atoms with Crippen LogP contribution in [0.5, 0.6) is 0 Å². The van der Waals surface area contributed by atoms with Gasteiger partial charge < -0.3 is 10.6 Å². The Morgan fingerprint density at radius 2 is 1.68 bits per heavy atom. The summed E-state index contributed by atoms with van der Waals surface area (Å²) in [5, 5.41) is 5.82. The van der Waals surface area contributed by atoms with Gasteiger partial charge >= 0.3 is 0 Å². The average Bonchev–Trinajstić information content (AvgIpc) is 2.56. The minimum Gasteiger partial charge on any atom is -0.344 e. The predicted molar refractivity (Wildman–Crippen MR) is 101 cm³/mol. The molecule has 0 heterocycles. The van der Waals surface area contributed by atoms with E-state index in [0.717, 1.165) is 22.4 Å². The van der Waals surface area contributed by atoms with E-state index in [1.165, 1.54) is 0 Å². The van der Waals surface area contributed by atoms with Crippen LogP contribution in [0.1, 0.15) is 30.5 Å². The van der Waals surface area contributed by atoms with Crippen LogP contribution in [0.4, 0.5) is 5.69 Å². The van der Waals surface area contributed by atoms with Crippen molar-refractivity contribution in [2.75, 3.05) is 5.32 Å². The van der Waals surface area contributed by atoms with Crippen LogP contribution in [0.2, 0.25) is 0 Å². The number of carbonyl (C=O) groups is 2. The van der Waals surface area contributed by atoms with Gasteiger partial charge in [-0.05, 0) is 42.5 Å². The molecule has 0 aromatic heterocycles. The molecule has 25 heavy (non-hydrogen) atoms. The van der Waals surface area contributed by atoms with Crippen LogP contribution in [0.25, 0.3) is 0 Å². The third-order valence-electron chi connectivity index (χ3n) is 4.12. The summed E-state index contributed by atoms with van der Waals surface area (Å²) in [6, 6.07) is 14.9. The normalized spacial score (nSPS) is 11.9. The molecule has 0 fully saturated rings. The lowest BCUT2D eigenvalue weighted by atomic mass is 10.0. The highest BCUT2D eigenvalue weighted by Gasteiger charge is 2.24.